The Bertz CT molecular complexity index is 1220. The molecule has 0 aliphatic rings. The predicted octanol–water partition coefficient (Wildman–Crippen LogP) is 7.26. The van der Waals surface area contributed by atoms with E-state index in [1.54, 1.807) is 36.4 Å². The maximum Gasteiger partial charge on any atom is 0.256 e. The van der Waals surface area contributed by atoms with Gasteiger partial charge in [0.1, 0.15) is 5.52 Å². The highest BCUT2D eigenvalue weighted by molar-refractivity contribution is 14.1. The number of rotatable bonds is 3. The number of fused-ring (bicyclic) bond motifs is 1. The molecule has 0 spiro atoms. The third-order valence-electron chi connectivity index (χ3n) is 3.98. The van der Waals surface area contributed by atoms with Crippen LogP contribution in [-0.2, 0) is 0 Å². The van der Waals surface area contributed by atoms with Crippen molar-refractivity contribution in [1.29, 1.82) is 0 Å². The molecule has 0 radical (unpaired) electrons. The Labute approximate surface area is 197 Å². The monoisotopic (exact) mass is 634 g/mol. The Kier molecular flexibility index (Phi) is 5.82. The molecule has 0 fully saturated rings. The molecular weight excluding hydrogens is 625 g/mol. The van der Waals surface area contributed by atoms with Gasteiger partial charge in [0.2, 0.25) is 5.89 Å². The number of anilines is 1. The highest BCUT2D eigenvalue weighted by Crippen LogP contribution is 2.32. The van der Waals surface area contributed by atoms with Crippen molar-refractivity contribution in [3.63, 3.8) is 0 Å². The van der Waals surface area contributed by atoms with Crippen LogP contribution in [0.3, 0.4) is 0 Å². The number of amides is 1. The van der Waals surface area contributed by atoms with Crippen molar-refractivity contribution in [3.05, 3.63) is 77.3 Å². The summed E-state index contributed by atoms with van der Waals surface area (Å²) in [5.74, 6) is 0.221. The molecule has 0 aliphatic heterocycles. The van der Waals surface area contributed by atoms with Crippen molar-refractivity contribution in [3.8, 4) is 11.5 Å². The number of carbonyl (C=O) groups is 1. The molecule has 8 heteroatoms. The maximum atomic E-state index is 12.6. The van der Waals surface area contributed by atoms with Gasteiger partial charge in [-0.1, -0.05) is 23.2 Å². The number of nitrogens with zero attached hydrogens (tertiary/aromatic N) is 1. The summed E-state index contributed by atoms with van der Waals surface area (Å²) >= 11 is 16.5. The summed E-state index contributed by atoms with van der Waals surface area (Å²) in [6.07, 6.45) is 0. The van der Waals surface area contributed by atoms with E-state index in [0.29, 0.717) is 43.9 Å². The molecule has 1 N–H and O–H groups in total. The standard InChI is InChI=1S/C20H10Cl2I2N2O2/c21-10-1-4-13(15(22)7-10)20-26-17-9-12(3-6-18(17)28-20)25-19(27)14-8-11(23)2-5-16(14)24/h1-9H,(H,25,27). The average Bonchev–Trinajstić information content (AvgIpc) is 3.06. The molecule has 1 amide bonds. The Morgan fingerprint density at radius 3 is 2.61 bits per heavy atom. The topological polar surface area (TPSA) is 55.1 Å². The summed E-state index contributed by atoms with van der Waals surface area (Å²) in [7, 11) is 0. The smallest absolute Gasteiger partial charge is 0.256 e. The Hall–Kier alpha value is -1.36. The fourth-order valence-corrected chi connectivity index (χ4v) is 4.21. The number of nitrogens with one attached hydrogen (secondary N) is 1. The van der Waals surface area contributed by atoms with Crippen molar-refractivity contribution < 1.29 is 9.21 Å². The molecule has 3 aromatic carbocycles. The molecule has 0 aliphatic carbocycles. The number of halogens is 4. The fraction of sp³-hybridized carbons (Fsp3) is 0. The lowest BCUT2D eigenvalue weighted by atomic mass is 10.2. The van der Waals surface area contributed by atoms with Gasteiger partial charge in [-0.15, -0.1) is 0 Å². The number of carbonyl (C=O) groups excluding carboxylic acids is 1. The predicted molar refractivity (Wildman–Crippen MR) is 129 cm³/mol. The van der Waals surface area contributed by atoms with Crippen molar-refractivity contribution in [2.75, 3.05) is 5.32 Å². The second kappa shape index (κ2) is 8.17. The summed E-state index contributed by atoms with van der Waals surface area (Å²) < 4.78 is 7.69. The van der Waals surface area contributed by atoms with Crippen LogP contribution in [-0.4, -0.2) is 10.9 Å². The summed E-state index contributed by atoms with van der Waals surface area (Å²) in [5, 5.41) is 3.91. The van der Waals surface area contributed by atoms with Gasteiger partial charge in [-0.25, -0.2) is 4.98 Å². The first-order valence-corrected chi connectivity index (χ1v) is 10.9. The van der Waals surface area contributed by atoms with Gasteiger partial charge in [-0.05, 0) is 99.8 Å². The highest BCUT2D eigenvalue weighted by Gasteiger charge is 2.14. The van der Waals surface area contributed by atoms with Crippen molar-refractivity contribution in [1.82, 2.24) is 4.98 Å². The fourth-order valence-electron chi connectivity index (χ4n) is 2.65. The van der Waals surface area contributed by atoms with Gasteiger partial charge < -0.3 is 9.73 Å². The number of oxazole rings is 1. The first kappa shape index (κ1) is 19.9. The van der Waals surface area contributed by atoms with Gasteiger partial charge in [-0.2, -0.15) is 0 Å². The van der Waals surface area contributed by atoms with Crippen LogP contribution in [0, 0.1) is 7.14 Å². The minimum atomic E-state index is -0.174. The van der Waals surface area contributed by atoms with E-state index in [1.165, 1.54) is 0 Å². The SMILES string of the molecule is O=C(Nc1ccc2oc(-c3ccc(Cl)cc3Cl)nc2c1)c1cc(I)ccc1I. The molecule has 28 heavy (non-hydrogen) atoms. The normalized spacial score (nSPS) is 11.0. The first-order valence-electron chi connectivity index (χ1n) is 8.03. The number of hydrogen-bond donors (Lipinski definition) is 1. The molecule has 4 aromatic rings. The van der Waals surface area contributed by atoms with Gasteiger partial charge >= 0.3 is 0 Å². The van der Waals surface area contributed by atoms with Gasteiger partial charge in [0, 0.05) is 17.9 Å². The first-order chi connectivity index (χ1) is 13.4. The van der Waals surface area contributed by atoms with Gasteiger partial charge in [0.25, 0.3) is 5.91 Å². The van der Waals surface area contributed by atoms with E-state index in [4.69, 9.17) is 27.6 Å². The van der Waals surface area contributed by atoms with Crippen LogP contribution in [0.1, 0.15) is 10.4 Å². The van der Waals surface area contributed by atoms with E-state index in [0.717, 1.165) is 7.14 Å². The molecule has 0 bridgehead atoms. The van der Waals surface area contributed by atoms with Crippen molar-refractivity contribution >= 4 is 91.1 Å². The van der Waals surface area contributed by atoms with Gasteiger partial charge in [0.05, 0.1) is 16.1 Å². The summed E-state index contributed by atoms with van der Waals surface area (Å²) in [6, 6.07) is 16.2. The molecule has 4 rings (SSSR count). The van der Waals surface area contributed by atoms with Crippen LogP contribution in [0.2, 0.25) is 10.0 Å². The third-order valence-corrected chi connectivity index (χ3v) is 6.14. The van der Waals surface area contributed by atoms with Crippen molar-refractivity contribution in [2.45, 2.75) is 0 Å². The van der Waals surface area contributed by atoms with E-state index < -0.39 is 0 Å². The molecule has 0 saturated carbocycles. The molecule has 0 saturated heterocycles. The molecule has 0 atom stereocenters. The van der Waals surface area contributed by atoms with Crippen molar-refractivity contribution in [2.24, 2.45) is 0 Å². The molecule has 0 unspecified atom stereocenters. The van der Waals surface area contributed by atoms with Gasteiger partial charge in [0.15, 0.2) is 5.58 Å². The van der Waals surface area contributed by atoms with Gasteiger partial charge in [-0.3, -0.25) is 4.79 Å². The van der Waals surface area contributed by atoms with E-state index in [9.17, 15) is 4.79 Å². The summed E-state index contributed by atoms with van der Waals surface area (Å²) in [4.78, 5) is 17.1. The quantitative estimate of drug-likeness (QED) is 0.241. The second-order valence-corrected chi connectivity index (χ2v) is 9.16. The molecule has 4 nitrogen and oxygen atoms in total. The lowest BCUT2D eigenvalue weighted by Crippen LogP contribution is -2.13. The average molecular weight is 635 g/mol. The number of benzene rings is 3. The number of aromatic nitrogens is 1. The van der Waals surface area contributed by atoms with Crippen LogP contribution >= 0.6 is 68.4 Å². The highest BCUT2D eigenvalue weighted by atomic mass is 127. The second-order valence-electron chi connectivity index (χ2n) is 5.90. The third kappa shape index (κ3) is 4.14. The van der Waals surface area contributed by atoms with Crippen LogP contribution in [0.5, 0.6) is 0 Å². The van der Waals surface area contributed by atoms with Crippen LogP contribution in [0.15, 0.2) is 59.0 Å². The number of hydrogen-bond acceptors (Lipinski definition) is 3. The minimum absolute atomic E-state index is 0.174. The van der Waals surface area contributed by atoms with Crippen LogP contribution in [0.25, 0.3) is 22.6 Å². The minimum Gasteiger partial charge on any atom is -0.436 e. The Morgan fingerprint density at radius 1 is 1.00 bits per heavy atom. The van der Waals surface area contributed by atoms with Crippen LogP contribution in [0.4, 0.5) is 5.69 Å². The lowest BCUT2D eigenvalue weighted by Gasteiger charge is -2.07. The summed E-state index contributed by atoms with van der Waals surface area (Å²) in [6.45, 7) is 0. The van der Waals surface area contributed by atoms with E-state index >= 15 is 0 Å². The van der Waals surface area contributed by atoms with E-state index in [2.05, 4.69) is 55.5 Å². The molecular formula is C20H10Cl2I2N2O2. The Balaban J connectivity index is 1.65. The van der Waals surface area contributed by atoms with Crippen LogP contribution < -0.4 is 5.32 Å². The zero-order chi connectivity index (χ0) is 19.8. The molecule has 140 valence electrons. The molecule has 1 aromatic heterocycles. The zero-order valence-corrected chi connectivity index (χ0v) is 19.8. The maximum absolute atomic E-state index is 12.6. The van der Waals surface area contributed by atoms with E-state index in [-0.39, 0.29) is 5.91 Å². The summed E-state index contributed by atoms with van der Waals surface area (Å²) in [5.41, 5.74) is 3.14. The molecule has 1 heterocycles. The Morgan fingerprint density at radius 2 is 1.82 bits per heavy atom. The lowest BCUT2D eigenvalue weighted by molar-refractivity contribution is 0.102. The van der Waals surface area contributed by atoms with E-state index in [1.807, 2.05) is 18.2 Å². The largest absolute Gasteiger partial charge is 0.436 e. The zero-order valence-electron chi connectivity index (χ0n) is 14.0.